The Morgan fingerprint density at radius 2 is 1.81 bits per heavy atom. The molecular weight excluding hydrogens is 200 g/mol. The van der Waals surface area contributed by atoms with Crippen LogP contribution in [0.3, 0.4) is 0 Å². The molecule has 1 saturated heterocycles. The molecule has 0 amide bonds. The highest BCUT2D eigenvalue weighted by Gasteiger charge is 2.12. The van der Waals surface area contributed by atoms with Crippen molar-refractivity contribution in [3.63, 3.8) is 0 Å². The SMILES string of the molecule is C.CCCCCCCCOC1CCCCO1. The van der Waals surface area contributed by atoms with Gasteiger partial charge in [0.1, 0.15) is 0 Å². The molecule has 1 heterocycles. The summed E-state index contributed by atoms with van der Waals surface area (Å²) in [5.74, 6) is 0. The lowest BCUT2D eigenvalue weighted by molar-refractivity contribution is -0.162. The number of unbranched alkanes of at least 4 members (excludes halogenated alkanes) is 5. The topological polar surface area (TPSA) is 18.5 Å². The van der Waals surface area contributed by atoms with Crippen LogP contribution in [0.5, 0.6) is 0 Å². The van der Waals surface area contributed by atoms with Crippen molar-refractivity contribution >= 4 is 0 Å². The van der Waals surface area contributed by atoms with Crippen molar-refractivity contribution in [1.29, 1.82) is 0 Å². The molecule has 1 atom stereocenters. The van der Waals surface area contributed by atoms with Gasteiger partial charge in [0.15, 0.2) is 6.29 Å². The van der Waals surface area contributed by atoms with E-state index in [1.165, 1.54) is 51.4 Å². The van der Waals surface area contributed by atoms with E-state index in [2.05, 4.69) is 6.92 Å². The molecule has 2 heteroatoms. The third kappa shape index (κ3) is 8.12. The van der Waals surface area contributed by atoms with E-state index in [-0.39, 0.29) is 13.7 Å². The van der Waals surface area contributed by atoms with Gasteiger partial charge in [-0.3, -0.25) is 0 Å². The van der Waals surface area contributed by atoms with E-state index < -0.39 is 0 Å². The summed E-state index contributed by atoms with van der Waals surface area (Å²) in [7, 11) is 0. The molecule has 1 rings (SSSR count). The molecule has 0 aromatic carbocycles. The third-order valence-electron chi connectivity index (χ3n) is 2.94. The van der Waals surface area contributed by atoms with Gasteiger partial charge < -0.3 is 9.47 Å². The largest absolute Gasteiger partial charge is 0.353 e. The zero-order valence-electron chi connectivity index (χ0n) is 10.2. The van der Waals surface area contributed by atoms with E-state index in [9.17, 15) is 0 Å². The van der Waals surface area contributed by atoms with Crippen molar-refractivity contribution in [1.82, 2.24) is 0 Å². The molecule has 0 N–H and O–H groups in total. The average molecular weight is 230 g/mol. The van der Waals surface area contributed by atoms with Crippen LogP contribution in [0.15, 0.2) is 0 Å². The lowest BCUT2D eigenvalue weighted by Gasteiger charge is -2.22. The molecule has 0 aromatic heterocycles. The highest BCUT2D eigenvalue weighted by Crippen LogP contribution is 2.14. The summed E-state index contributed by atoms with van der Waals surface area (Å²) < 4.78 is 11.2. The van der Waals surface area contributed by atoms with Crippen LogP contribution in [-0.4, -0.2) is 19.5 Å². The Morgan fingerprint density at radius 1 is 1.06 bits per heavy atom. The Kier molecular flexibility index (Phi) is 11.3. The Hall–Kier alpha value is -0.0800. The second-order valence-corrected chi connectivity index (χ2v) is 4.43. The predicted octanol–water partition coefficient (Wildman–Crippen LogP) is 4.53. The molecule has 0 aliphatic carbocycles. The normalized spacial score (nSPS) is 20.4. The fourth-order valence-electron chi connectivity index (χ4n) is 1.94. The molecule has 98 valence electrons. The third-order valence-corrected chi connectivity index (χ3v) is 2.94. The maximum Gasteiger partial charge on any atom is 0.157 e. The summed E-state index contributed by atoms with van der Waals surface area (Å²) in [6.45, 7) is 4.03. The van der Waals surface area contributed by atoms with Crippen molar-refractivity contribution in [2.45, 2.75) is 78.4 Å². The highest BCUT2D eigenvalue weighted by atomic mass is 16.7. The van der Waals surface area contributed by atoms with Gasteiger partial charge in [0.25, 0.3) is 0 Å². The van der Waals surface area contributed by atoms with Crippen molar-refractivity contribution in [3.05, 3.63) is 0 Å². The van der Waals surface area contributed by atoms with E-state index in [1.54, 1.807) is 0 Å². The van der Waals surface area contributed by atoms with Crippen LogP contribution in [0.2, 0.25) is 0 Å². The van der Waals surface area contributed by atoms with Crippen molar-refractivity contribution in [2.75, 3.05) is 13.2 Å². The molecule has 0 aromatic rings. The first-order chi connectivity index (χ1) is 7.43. The Balaban J connectivity index is 0.00000225. The van der Waals surface area contributed by atoms with Crippen LogP contribution in [0.4, 0.5) is 0 Å². The predicted molar refractivity (Wildman–Crippen MR) is 69.7 cm³/mol. The van der Waals surface area contributed by atoms with E-state index >= 15 is 0 Å². The summed E-state index contributed by atoms with van der Waals surface area (Å²) in [5, 5.41) is 0. The number of ether oxygens (including phenoxy) is 2. The van der Waals surface area contributed by atoms with Crippen LogP contribution in [0, 0.1) is 0 Å². The minimum absolute atomic E-state index is 0. The molecule has 0 radical (unpaired) electrons. The van der Waals surface area contributed by atoms with Gasteiger partial charge in [0.05, 0.1) is 0 Å². The Bertz CT molecular complexity index is 131. The molecule has 2 nitrogen and oxygen atoms in total. The molecule has 1 fully saturated rings. The van der Waals surface area contributed by atoms with E-state index in [0.29, 0.717) is 0 Å². The zero-order valence-corrected chi connectivity index (χ0v) is 10.2. The van der Waals surface area contributed by atoms with Crippen LogP contribution < -0.4 is 0 Å². The van der Waals surface area contributed by atoms with Gasteiger partial charge in [-0.1, -0.05) is 46.5 Å². The molecule has 1 aliphatic rings. The van der Waals surface area contributed by atoms with Gasteiger partial charge in [-0.05, 0) is 25.7 Å². The molecule has 0 bridgehead atoms. The fraction of sp³-hybridized carbons (Fsp3) is 1.00. The number of hydrogen-bond acceptors (Lipinski definition) is 2. The van der Waals surface area contributed by atoms with E-state index in [0.717, 1.165) is 19.6 Å². The summed E-state index contributed by atoms with van der Waals surface area (Å²) in [4.78, 5) is 0. The van der Waals surface area contributed by atoms with Crippen molar-refractivity contribution < 1.29 is 9.47 Å². The van der Waals surface area contributed by atoms with Crippen molar-refractivity contribution in [3.8, 4) is 0 Å². The quantitative estimate of drug-likeness (QED) is 0.570. The Labute approximate surface area is 102 Å². The van der Waals surface area contributed by atoms with Crippen LogP contribution in [-0.2, 0) is 9.47 Å². The van der Waals surface area contributed by atoms with E-state index in [4.69, 9.17) is 9.47 Å². The first-order valence-electron chi connectivity index (χ1n) is 6.66. The second-order valence-electron chi connectivity index (χ2n) is 4.43. The van der Waals surface area contributed by atoms with E-state index in [1.807, 2.05) is 0 Å². The smallest absolute Gasteiger partial charge is 0.157 e. The average Bonchev–Trinajstić information content (AvgIpc) is 2.29. The van der Waals surface area contributed by atoms with Gasteiger partial charge in [-0.25, -0.2) is 0 Å². The minimum Gasteiger partial charge on any atom is -0.353 e. The van der Waals surface area contributed by atoms with Gasteiger partial charge >= 0.3 is 0 Å². The van der Waals surface area contributed by atoms with Gasteiger partial charge in [-0.2, -0.15) is 0 Å². The fourth-order valence-corrected chi connectivity index (χ4v) is 1.94. The molecule has 16 heavy (non-hydrogen) atoms. The van der Waals surface area contributed by atoms with Crippen LogP contribution >= 0.6 is 0 Å². The summed E-state index contributed by atoms with van der Waals surface area (Å²) >= 11 is 0. The maximum absolute atomic E-state index is 5.67. The highest BCUT2D eigenvalue weighted by molar-refractivity contribution is 4.54. The molecule has 0 spiro atoms. The monoisotopic (exact) mass is 230 g/mol. The second kappa shape index (κ2) is 11.4. The first-order valence-corrected chi connectivity index (χ1v) is 6.66. The number of rotatable bonds is 8. The molecular formula is C14H30O2. The summed E-state index contributed by atoms with van der Waals surface area (Å²) in [5.41, 5.74) is 0. The van der Waals surface area contributed by atoms with Crippen LogP contribution in [0.1, 0.15) is 72.1 Å². The van der Waals surface area contributed by atoms with Crippen molar-refractivity contribution in [2.24, 2.45) is 0 Å². The Morgan fingerprint density at radius 3 is 2.50 bits per heavy atom. The lowest BCUT2D eigenvalue weighted by Crippen LogP contribution is -2.22. The van der Waals surface area contributed by atoms with Gasteiger partial charge in [0, 0.05) is 13.2 Å². The first kappa shape index (κ1) is 15.9. The lowest BCUT2D eigenvalue weighted by atomic mass is 10.1. The molecule has 1 unspecified atom stereocenters. The number of hydrogen-bond donors (Lipinski definition) is 0. The minimum atomic E-state index is 0. The summed E-state index contributed by atoms with van der Waals surface area (Å²) in [6.07, 6.45) is 11.6. The van der Waals surface area contributed by atoms with Gasteiger partial charge in [-0.15, -0.1) is 0 Å². The molecule has 1 aliphatic heterocycles. The molecule has 0 saturated carbocycles. The zero-order chi connectivity index (χ0) is 10.8. The van der Waals surface area contributed by atoms with Crippen LogP contribution in [0.25, 0.3) is 0 Å². The standard InChI is InChI=1S/C13H26O2.CH4/c1-2-3-4-5-6-8-11-14-13-10-7-9-12-15-13;/h13H,2-12H2,1H3;1H4. The summed E-state index contributed by atoms with van der Waals surface area (Å²) in [6, 6.07) is 0. The maximum atomic E-state index is 5.67. The van der Waals surface area contributed by atoms with Gasteiger partial charge in [0.2, 0.25) is 0 Å².